The minimum atomic E-state index is -0.515. The molecule has 1 fully saturated rings. The number of aryl methyl sites for hydroxylation is 2. The molecule has 154 valence electrons. The van der Waals surface area contributed by atoms with E-state index in [1.165, 1.54) is 0 Å². The van der Waals surface area contributed by atoms with E-state index in [0.29, 0.717) is 27.0 Å². The third-order valence-electron chi connectivity index (χ3n) is 4.89. The van der Waals surface area contributed by atoms with Crippen LogP contribution in [0, 0.1) is 19.8 Å². The molecule has 1 heterocycles. The van der Waals surface area contributed by atoms with Crippen LogP contribution in [0.5, 0.6) is 0 Å². The van der Waals surface area contributed by atoms with Crippen molar-refractivity contribution in [1.82, 2.24) is 4.98 Å². The lowest BCUT2D eigenvalue weighted by atomic mass is 9.94. The van der Waals surface area contributed by atoms with Crippen LogP contribution in [0.15, 0.2) is 18.2 Å². The molecule has 2 aromatic rings. The van der Waals surface area contributed by atoms with Crippen LogP contribution in [0.2, 0.25) is 0 Å². The van der Waals surface area contributed by atoms with Crippen molar-refractivity contribution in [1.29, 1.82) is 0 Å². The molecule has 1 aliphatic rings. The van der Waals surface area contributed by atoms with Crippen molar-refractivity contribution in [3.8, 4) is 0 Å². The second-order valence-corrected chi connectivity index (χ2v) is 8.13. The van der Waals surface area contributed by atoms with Gasteiger partial charge in [0, 0.05) is 11.5 Å². The third-order valence-corrected chi connectivity index (χ3v) is 5.95. The van der Waals surface area contributed by atoms with Crippen molar-refractivity contribution in [3.63, 3.8) is 0 Å². The van der Waals surface area contributed by atoms with Crippen LogP contribution in [0.25, 0.3) is 0 Å². The first-order valence-electron chi connectivity index (χ1n) is 9.76. The van der Waals surface area contributed by atoms with E-state index in [2.05, 4.69) is 15.6 Å². The third kappa shape index (κ3) is 5.00. The average Bonchev–Trinajstić information content (AvgIpc) is 3.32. The Morgan fingerprint density at radius 3 is 2.59 bits per heavy atom. The Kier molecular flexibility index (Phi) is 6.64. The standard InChI is InChI=1S/C21H25N3O4S/c1-4-28-19(26)18-13(3)22-21(29-18)24-20(27)23-16-10-9-12(2)11-15(16)17(25)14-7-5-6-8-14/h9-11,14H,4-8H2,1-3H3,(H2,22,23,24,27). The number of rotatable bonds is 6. The molecule has 0 spiro atoms. The number of aromatic nitrogens is 1. The predicted octanol–water partition coefficient (Wildman–Crippen LogP) is 4.95. The molecule has 2 amide bonds. The number of nitrogens with one attached hydrogen (secondary N) is 2. The summed E-state index contributed by atoms with van der Waals surface area (Å²) in [6.45, 7) is 5.60. The molecule has 0 unspecified atom stereocenters. The van der Waals surface area contributed by atoms with Crippen LogP contribution in [0.1, 0.15) is 63.9 Å². The van der Waals surface area contributed by atoms with Gasteiger partial charge in [-0.05, 0) is 45.7 Å². The fraction of sp³-hybridized carbons (Fsp3) is 0.429. The van der Waals surface area contributed by atoms with E-state index in [-0.39, 0.29) is 18.3 Å². The van der Waals surface area contributed by atoms with Gasteiger partial charge in [0.25, 0.3) is 0 Å². The molecular weight excluding hydrogens is 390 g/mol. The van der Waals surface area contributed by atoms with Crippen LogP contribution in [0.4, 0.5) is 15.6 Å². The summed E-state index contributed by atoms with van der Waals surface area (Å²) in [6.07, 6.45) is 3.93. The summed E-state index contributed by atoms with van der Waals surface area (Å²) >= 11 is 1.06. The lowest BCUT2D eigenvalue weighted by molar-refractivity contribution is 0.0531. The summed E-state index contributed by atoms with van der Waals surface area (Å²) in [5.74, 6) is -0.357. The van der Waals surface area contributed by atoms with Gasteiger partial charge >= 0.3 is 12.0 Å². The summed E-state index contributed by atoms with van der Waals surface area (Å²) in [7, 11) is 0. The van der Waals surface area contributed by atoms with Crippen LogP contribution >= 0.6 is 11.3 Å². The molecule has 0 saturated heterocycles. The highest BCUT2D eigenvalue weighted by Gasteiger charge is 2.26. The number of esters is 1. The van der Waals surface area contributed by atoms with Gasteiger partial charge in [0.1, 0.15) is 4.88 Å². The highest BCUT2D eigenvalue weighted by Crippen LogP contribution is 2.31. The molecule has 0 atom stereocenters. The maximum Gasteiger partial charge on any atom is 0.350 e. The summed E-state index contributed by atoms with van der Waals surface area (Å²) in [4.78, 5) is 41.9. The summed E-state index contributed by atoms with van der Waals surface area (Å²) in [5, 5.41) is 5.68. The molecule has 7 nitrogen and oxygen atoms in total. The van der Waals surface area contributed by atoms with Gasteiger partial charge in [-0.2, -0.15) is 0 Å². The number of carbonyl (C=O) groups excluding carboxylic acids is 3. The van der Waals surface area contributed by atoms with Gasteiger partial charge in [0.05, 0.1) is 18.0 Å². The van der Waals surface area contributed by atoms with Crippen LogP contribution < -0.4 is 10.6 Å². The van der Waals surface area contributed by atoms with E-state index < -0.39 is 12.0 Å². The Balaban J connectivity index is 1.73. The number of urea groups is 1. The van der Waals surface area contributed by atoms with Crippen LogP contribution in [0.3, 0.4) is 0 Å². The highest BCUT2D eigenvalue weighted by molar-refractivity contribution is 7.17. The molecular formula is C21H25N3O4S. The number of thiazole rings is 1. The van der Waals surface area contributed by atoms with E-state index in [4.69, 9.17) is 4.74 Å². The van der Waals surface area contributed by atoms with Crippen molar-refractivity contribution in [2.45, 2.75) is 46.5 Å². The van der Waals surface area contributed by atoms with Gasteiger partial charge in [-0.25, -0.2) is 14.6 Å². The Bertz CT molecular complexity index is 932. The second-order valence-electron chi connectivity index (χ2n) is 7.13. The number of nitrogens with zero attached hydrogens (tertiary/aromatic N) is 1. The zero-order valence-corrected chi connectivity index (χ0v) is 17.6. The van der Waals surface area contributed by atoms with Gasteiger partial charge in [-0.15, -0.1) is 0 Å². The molecule has 8 heteroatoms. The quantitative estimate of drug-likeness (QED) is 0.514. The molecule has 1 aromatic carbocycles. The van der Waals surface area contributed by atoms with Gasteiger partial charge < -0.3 is 10.1 Å². The predicted molar refractivity (Wildman–Crippen MR) is 113 cm³/mol. The maximum atomic E-state index is 12.9. The molecule has 0 aliphatic heterocycles. The molecule has 0 bridgehead atoms. The van der Waals surface area contributed by atoms with E-state index in [1.807, 2.05) is 19.1 Å². The summed E-state index contributed by atoms with van der Waals surface area (Å²) in [6, 6.07) is 4.91. The number of hydrogen-bond acceptors (Lipinski definition) is 6. The minimum absolute atomic E-state index is 0.0224. The summed E-state index contributed by atoms with van der Waals surface area (Å²) < 4.78 is 4.99. The molecule has 1 saturated carbocycles. The Morgan fingerprint density at radius 2 is 1.90 bits per heavy atom. The Hall–Kier alpha value is -2.74. The molecule has 1 aliphatic carbocycles. The molecule has 2 N–H and O–H groups in total. The molecule has 1 aromatic heterocycles. The number of amides is 2. The molecule has 29 heavy (non-hydrogen) atoms. The first kappa shape index (κ1) is 21.0. The topological polar surface area (TPSA) is 97.4 Å². The van der Waals surface area contributed by atoms with Gasteiger partial charge in [-0.1, -0.05) is 35.8 Å². The van der Waals surface area contributed by atoms with Crippen LogP contribution in [-0.2, 0) is 4.74 Å². The number of anilines is 2. The number of hydrogen-bond donors (Lipinski definition) is 2. The van der Waals surface area contributed by atoms with Crippen molar-refractivity contribution < 1.29 is 19.1 Å². The van der Waals surface area contributed by atoms with E-state index in [1.54, 1.807) is 19.9 Å². The fourth-order valence-corrected chi connectivity index (χ4v) is 4.32. The van der Waals surface area contributed by atoms with E-state index in [0.717, 1.165) is 42.6 Å². The first-order valence-corrected chi connectivity index (χ1v) is 10.6. The lowest BCUT2D eigenvalue weighted by Gasteiger charge is -2.14. The largest absolute Gasteiger partial charge is 0.462 e. The van der Waals surface area contributed by atoms with E-state index >= 15 is 0 Å². The van der Waals surface area contributed by atoms with Crippen molar-refractivity contribution in [3.05, 3.63) is 39.9 Å². The fourth-order valence-electron chi connectivity index (χ4n) is 3.47. The monoisotopic (exact) mass is 415 g/mol. The zero-order valence-electron chi connectivity index (χ0n) is 16.8. The minimum Gasteiger partial charge on any atom is -0.462 e. The van der Waals surface area contributed by atoms with E-state index in [9.17, 15) is 14.4 Å². The normalized spacial score (nSPS) is 13.9. The SMILES string of the molecule is CCOC(=O)c1sc(NC(=O)Nc2ccc(C)cc2C(=O)C2CCCC2)nc1C. The van der Waals surface area contributed by atoms with Gasteiger partial charge in [0.2, 0.25) is 0 Å². The second kappa shape index (κ2) is 9.17. The highest BCUT2D eigenvalue weighted by atomic mass is 32.1. The first-order chi connectivity index (χ1) is 13.9. The smallest absolute Gasteiger partial charge is 0.350 e. The molecule has 3 rings (SSSR count). The van der Waals surface area contributed by atoms with Gasteiger partial charge in [-0.3, -0.25) is 10.1 Å². The number of carbonyl (C=O) groups is 3. The summed E-state index contributed by atoms with van der Waals surface area (Å²) in [5.41, 5.74) is 2.47. The van der Waals surface area contributed by atoms with Crippen molar-refractivity contribution in [2.24, 2.45) is 5.92 Å². The van der Waals surface area contributed by atoms with Crippen LogP contribution in [-0.4, -0.2) is 29.4 Å². The van der Waals surface area contributed by atoms with Crippen molar-refractivity contribution in [2.75, 3.05) is 17.2 Å². The number of ether oxygens (including phenoxy) is 1. The number of Topliss-reactive ketones (excluding diaryl/α,β-unsaturated/α-hetero) is 1. The Morgan fingerprint density at radius 1 is 1.17 bits per heavy atom. The Labute approximate surface area is 173 Å². The maximum absolute atomic E-state index is 12.9. The average molecular weight is 416 g/mol. The van der Waals surface area contributed by atoms with Crippen molar-refractivity contribution >= 4 is 39.9 Å². The number of benzene rings is 1. The van der Waals surface area contributed by atoms with Gasteiger partial charge in [0.15, 0.2) is 10.9 Å². The zero-order chi connectivity index (χ0) is 21.0. The number of ketones is 1. The molecule has 0 radical (unpaired) electrons. The lowest BCUT2D eigenvalue weighted by Crippen LogP contribution is -2.22.